The summed E-state index contributed by atoms with van der Waals surface area (Å²) >= 11 is 1.62. The number of ether oxygens (including phenoxy) is 1. The molecule has 1 fully saturated rings. The predicted octanol–water partition coefficient (Wildman–Crippen LogP) is 2.57. The van der Waals surface area contributed by atoms with Crippen LogP contribution in [0.15, 0.2) is 35.5 Å². The van der Waals surface area contributed by atoms with Gasteiger partial charge in [-0.05, 0) is 12.8 Å². The maximum atomic E-state index is 5.22. The van der Waals surface area contributed by atoms with E-state index in [0.717, 1.165) is 49.9 Å². The Morgan fingerprint density at radius 3 is 3.08 bits per heavy atom. The second-order valence-electron chi connectivity index (χ2n) is 6.08. The molecule has 25 heavy (non-hydrogen) atoms. The fraction of sp³-hybridized carbons (Fsp3) is 0.412. The van der Waals surface area contributed by atoms with Crippen molar-refractivity contribution in [3.63, 3.8) is 0 Å². The first-order valence-corrected chi connectivity index (χ1v) is 9.28. The van der Waals surface area contributed by atoms with Gasteiger partial charge in [0.05, 0.1) is 24.9 Å². The minimum Gasteiger partial charge on any atom is -0.481 e. The highest BCUT2D eigenvalue weighted by atomic mass is 32.1. The molecule has 3 aromatic heterocycles. The van der Waals surface area contributed by atoms with Crippen molar-refractivity contribution in [2.75, 3.05) is 25.1 Å². The molecule has 0 aromatic carbocycles. The van der Waals surface area contributed by atoms with Crippen molar-refractivity contribution in [2.45, 2.75) is 25.3 Å². The van der Waals surface area contributed by atoms with Gasteiger partial charge < -0.3 is 14.2 Å². The van der Waals surface area contributed by atoms with Gasteiger partial charge in [0.2, 0.25) is 11.8 Å². The van der Waals surface area contributed by atoms with Crippen LogP contribution in [0.4, 0.5) is 5.95 Å². The third-order valence-corrected chi connectivity index (χ3v) is 5.09. The van der Waals surface area contributed by atoms with E-state index in [4.69, 9.17) is 4.74 Å². The lowest BCUT2D eigenvalue weighted by Gasteiger charge is -2.32. The van der Waals surface area contributed by atoms with E-state index in [1.165, 1.54) is 0 Å². The maximum Gasteiger partial charge on any atom is 0.228 e. The summed E-state index contributed by atoms with van der Waals surface area (Å²) in [6.45, 7) is 2.59. The van der Waals surface area contributed by atoms with Crippen LogP contribution in [0.3, 0.4) is 0 Å². The number of hydrogen-bond acceptors (Lipinski definition) is 7. The average molecular weight is 356 g/mol. The Kier molecular flexibility index (Phi) is 4.60. The minimum atomic E-state index is 0.359. The number of thiazole rings is 1. The monoisotopic (exact) mass is 356 g/mol. The molecule has 4 rings (SSSR count). The second-order valence-corrected chi connectivity index (χ2v) is 6.80. The molecule has 0 bridgehead atoms. The molecule has 8 heteroatoms. The molecule has 0 spiro atoms. The molecule has 1 atom stereocenters. The third kappa shape index (κ3) is 3.48. The van der Waals surface area contributed by atoms with Gasteiger partial charge in [0.15, 0.2) is 0 Å². The molecule has 4 heterocycles. The number of imidazole rings is 1. The first-order valence-electron chi connectivity index (χ1n) is 8.33. The van der Waals surface area contributed by atoms with Crippen LogP contribution in [0.5, 0.6) is 5.88 Å². The normalized spacial score (nSPS) is 17.6. The predicted molar refractivity (Wildman–Crippen MR) is 96.2 cm³/mol. The van der Waals surface area contributed by atoms with Crippen molar-refractivity contribution in [3.05, 3.63) is 47.1 Å². The largest absolute Gasteiger partial charge is 0.481 e. The first-order chi connectivity index (χ1) is 12.3. The zero-order valence-electron chi connectivity index (χ0n) is 14.1. The number of anilines is 1. The van der Waals surface area contributed by atoms with Crippen LogP contribution in [0, 0.1) is 0 Å². The molecule has 0 N–H and O–H groups in total. The summed E-state index contributed by atoms with van der Waals surface area (Å²) in [6.07, 6.45) is 7.87. The number of hydrogen-bond donors (Lipinski definition) is 0. The Hall–Kier alpha value is -2.48. The Labute approximate surface area is 150 Å². The molecular weight excluding hydrogens is 336 g/mol. The van der Waals surface area contributed by atoms with Gasteiger partial charge in [-0.15, -0.1) is 11.3 Å². The van der Waals surface area contributed by atoms with E-state index in [9.17, 15) is 0 Å². The molecule has 0 unspecified atom stereocenters. The van der Waals surface area contributed by atoms with Gasteiger partial charge in [0, 0.05) is 49.0 Å². The molecular formula is C17H20N6OS. The van der Waals surface area contributed by atoms with Crippen LogP contribution in [-0.4, -0.2) is 44.7 Å². The first kappa shape index (κ1) is 16.0. The number of nitrogens with zero attached hydrogens (tertiary/aromatic N) is 6. The number of methoxy groups -OCH3 is 1. The zero-order chi connectivity index (χ0) is 17.1. The minimum absolute atomic E-state index is 0.359. The summed E-state index contributed by atoms with van der Waals surface area (Å²) in [5.41, 5.74) is 2.95. The summed E-state index contributed by atoms with van der Waals surface area (Å²) in [6, 6.07) is 1.77. The van der Waals surface area contributed by atoms with Crippen molar-refractivity contribution in [1.29, 1.82) is 0 Å². The third-order valence-electron chi connectivity index (χ3n) is 4.46. The fourth-order valence-corrected chi connectivity index (χ4v) is 3.82. The van der Waals surface area contributed by atoms with Crippen molar-refractivity contribution in [1.82, 2.24) is 24.5 Å². The molecule has 3 aromatic rings. The summed E-state index contributed by atoms with van der Waals surface area (Å²) in [7, 11) is 1.63. The Balaban J connectivity index is 1.52. The molecule has 1 aliphatic heterocycles. The molecule has 7 nitrogen and oxygen atoms in total. The number of rotatable bonds is 5. The lowest BCUT2D eigenvalue weighted by atomic mass is 9.97. The van der Waals surface area contributed by atoms with Crippen LogP contribution in [-0.2, 0) is 6.54 Å². The van der Waals surface area contributed by atoms with E-state index >= 15 is 0 Å². The number of aromatic nitrogens is 5. The highest BCUT2D eigenvalue weighted by molar-refractivity contribution is 7.07. The van der Waals surface area contributed by atoms with E-state index in [2.05, 4.69) is 34.8 Å². The quantitative estimate of drug-likeness (QED) is 0.700. The van der Waals surface area contributed by atoms with Crippen LogP contribution in [0.2, 0.25) is 0 Å². The average Bonchev–Trinajstić information content (AvgIpc) is 3.34. The molecule has 130 valence electrons. The summed E-state index contributed by atoms with van der Waals surface area (Å²) in [4.78, 5) is 20.1. The van der Waals surface area contributed by atoms with Crippen molar-refractivity contribution in [2.24, 2.45) is 0 Å². The molecule has 0 aliphatic carbocycles. The van der Waals surface area contributed by atoms with Crippen molar-refractivity contribution < 1.29 is 4.74 Å². The summed E-state index contributed by atoms with van der Waals surface area (Å²) in [5.74, 6) is 2.79. The zero-order valence-corrected chi connectivity index (χ0v) is 14.9. The van der Waals surface area contributed by atoms with E-state index in [1.54, 1.807) is 30.7 Å². The Morgan fingerprint density at radius 2 is 2.24 bits per heavy atom. The lowest BCUT2D eigenvalue weighted by Crippen LogP contribution is -2.36. The van der Waals surface area contributed by atoms with E-state index in [0.29, 0.717) is 11.8 Å². The molecule has 0 amide bonds. The molecule has 1 aliphatic rings. The Bertz CT molecular complexity index is 818. The van der Waals surface area contributed by atoms with Gasteiger partial charge in [-0.2, -0.15) is 4.98 Å². The highest BCUT2D eigenvalue weighted by Gasteiger charge is 2.26. The van der Waals surface area contributed by atoms with Gasteiger partial charge in [0.1, 0.15) is 5.82 Å². The molecule has 0 saturated carbocycles. The standard InChI is InChI=1S/C17H20N6OS/c1-24-15-4-5-19-17(21-15)23-7-2-3-13(9-23)16-18-6-8-22(16)10-14-11-25-12-20-14/h4-6,8,11-13H,2-3,7,9-10H2,1H3/t13-/m0/s1. The fourth-order valence-electron chi connectivity index (χ4n) is 3.27. The highest BCUT2D eigenvalue weighted by Crippen LogP contribution is 2.28. The second kappa shape index (κ2) is 7.18. The van der Waals surface area contributed by atoms with Crippen molar-refractivity contribution >= 4 is 17.3 Å². The van der Waals surface area contributed by atoms with Gasteiger partial charge in [-0.3, -0.25) is 0 Å². The SMILES string of the molecule is COc1ccnc(N2CCC[C@H](c3nccn3Cc3cscn3)C2)n1. The Morgan fingerprint density at radius 1 is 1.28 bits per heavy atom. The van der Waals surface area contributed by atoms with Crippen LogP contribution >= 0.6 is 11.3 Å². The molecule has 1 saturated heterocycles. The topological polar surface area (TPSA) is 69.0 Å². The summed E-state index contributed by atoms with van der Waals surface area (Å²) < 4.78 is 7.43. The number of piperidine rings is 1. The van der Waals surface area contributed by atoms with E-state index < -0.39 is 0 Å². The van der Waals surface area contributed by atoms with Crippen molar-refractivity contribution in [3.8, 4) is 5.88 Å². The van der Waals surface area contributed by atoms with Gasteiger partial charge in [0.25, 0.3) is 0 Å². The van der Waals surface area contributed by atoms with Crippen LogP contribution in [0.1, 0.15) is 30.3 Å². The molecule has 0 radical (unpaired) electrons. The maximum absolute atomic E-state index is 5.22. The van der Waals surface area contributed by atoms with E-state index in [-0.39, 0.29) is 0 Å². The smallest absolute Gasteiger partial charge is 0.228 e. The lowest BCUT2D eigenvalue weighted by molar-refractivity contribution is 0.395. The van der Waals surface area contributed by atoms with Gasteiger partial charge in [-0.1, -0.05) is 0 Å². The summed E-state index contributed by atoms with van der Waals surface area (Å²) in [5, 5.41) is 2.08. The van der Waals surface area contributed by atoms with Gasteiger partial charge >= 0.3 is 0 Å². The van der Waals surface area contributed by atoms with Gasteiger partial charge in [-0.25, -0.2) is 15.0 Å². The van der Waals surface area contributed by atoms with E-state index in [1.807, 2.05) is 17.9 Å². The van der Waals surface area contributed by atoms with Crippen LogP contribution in [0.25, 0.3) is 0 Å². The van der Waals surface area contributed by atoms with Crippen LogP contribution < -0.4 is 9.64 Å².